The second kappa shape index (κ2) is 9.62. The standard InChI is InChI=1S/C42H25NO3/c1-2-12-26(13-3-1)27-24-25-33-30-16-6-9-23-38(30)46-42(33)39(27)43(34-19-10-17-31-28-14-4-7-21-36(28)44-40(31)34)35-20-11-18-32-29-15-5-8-22-37(29)45-41(32)35/h1-25H. The average molecular weight is 592 g/mol. The van der Waals surface area contributed by atoms with E-state index >= 15 is 0 Å². The topological polar surface area (TPSA) is 42.7 Å². The van der Waals surface area contributed by atoms with E-state index in [1.807, 2.05) is 42.5 Å². The Morgan fingerprint density at radius 1 is 0.326 bits per heavy atom. The zero-order valence-corrected chi connectivity index (χ0v) is 24.6. The van der Waals surface area contributed by atoms with E-state index in [0.29, 0.717) is 0 Å². The summed E-state index contributed by atoms with van der Waals surface area (Å²) >= 11 is 0. The summed E-state index contributed by atoms with van der Waals surface area (Å²) in [5.41, 5.74) is 9.74. The Hall–Kier alpha value is -6.26. The van der Waals surface area contributed by atoms with Gasteiger partial charge in [0.15, 0.2) is 16.7 Å². The Morgan fingerprint density at radius 3 is 1.30 bits per heavy atom. The molecule has 0 saturated carbocycles. The third kappa shape index (κ3) is 3.55. The van der Waals surface area contributed by atoms with Gasteiger partial charge in [-0.2, -0.15) is 0 Å². The Kier molecular flexibility index (Phi) is 5.25. The molecule has 0 saturated heterocycles. The molecule has 0 aliphatic rings. The van der Waals surface area contributed by atoms with Crippen LogP contribution in [0.5, 0.6) is 0 Å². The quantitative estimate of drug-likeness (QED) is 0.204. The number of para-hydroxylation sites is 5. The van der Waals surface area contributed by atoms with Crippen molar-refractivity contribution in [2.45, 2.75) is 0 Å². The third-order valence-electron chi connectivity index (χ3n) is 9.08. The lowest BCUT2D eigenvalue weighted by atomic mass is 9.98. The van der Waals surface area contributed by atoms with Crippen LogP contribution in [0, 0.1) is 0 Å². The van der Waals surface area contributed by atoms with Crippen LogP contribution in [-0.2, 0) is 0 Å². The predicted octanol–water partition coefficient (Wildman–Crippen LogP) is 12.5. The van der Waals surface area contributed by atoms with Gasteiger partial charge in [-0.3, -0.25) is 4.90 Å². The molecule has 0 aliphatic carbocycles. The van der Waals surface area contributed by atoms with Gasteiger partial charge in [0.1, 0.15) is 16.7 Å². The normalized spacial score (nSPS) is 11.9. The fourth-order valence-electron chi connectivity index (χ4n) is 7.03. The molecule has 7 aromatic carbocycles. The minimum atomic E-state index is 0.795. The molecule has 0 spiro atoms. The van der Waals surface area contributed by atoms with Gasteiger partial charge in [-0.1, -0.05) is 115 Å². The summed E-state index contributed by atoms with van der Waals surface area (Å²) in [4.78, 5) is 2.28. The Balaban J connectivity index is 1.41. The van der Waals surface area contributed by atoms with Crippen LogP contribution in [0.25, 0.3) is 76.9 Å². The highest BCUT2D eigenvalue weighted by Gasteiger charge is 2.28. The van der Waals surface area contributed by atoms with Crippen LogP contribution in [0.2, 0.25) is 0 Å². The molecule has 3 heterocycles. The smallest absolute Gasteiger partial charge is 0.160 e. The Morgan fingerprint density at radius 2 is 0.761 bits per heavy atom. The number of rotatable bonds is 4. The van der Waals surface area contributed by atoms with Crippen molar-refractivity contribution in [2.24, 2.45) is 0 Å². The van der Waals surface area contributed by atoms with Crippen LogP contribution in [-0.4, -0.2) is 0 Å². The predicted molar refractivity (Wildman–Crippen MR) is 188 cm³/mol. The molecule has 3 aromatic heterocycles. The minimum absolute atomic E-state index is 0.795. The van der Waals surface area contributed by atoms with E-state index < -0.39 is 0 Å². The molecule has 216 valence electrons. The number of furan rings is 3. The molecule has 46 heavy (non-hydrogen) atoms. The first kappa shape index (κ1) is 25.1. The lowest BCUT2D eigenvalue weighted by molar-refractivity contribution is 0.663. The highest BCUT2D eigenvalue weighted by Crippen LogP contribution is 2.51. The SMILES string of the molecule is c1ccc(-c2ccc3c(oc4ccccc43)c2N(c2cccc3c2oc2ccccc23)c2cccc3c2oc2ccccc23)cc1. The van der Waals surface area contributed by atoms with Crippen LogP contribution in [0.4, 0.5) is 17.1 Å². The fraction of sp³-hybridized carbons (Fsp3) is 0. The van der Waals surface area contributed by atoms with Gasteiger partial charge < -0.3 is 13.3 Å². The first-order chi connectivity index (χ1) is 22.8. The van der Waals surface area contributed by atoms with E-state index in [2.05, 4.69) is 114 Å². The van der Waals surface area contributed by atoms with Crippen molar-refractivity contribution in [3.8, 4) is 11.1 Å². The van der Waals surface area contributed by atoms with E-state index in [4.69, 9.17) is 13.3 Å². The van der Waals surface area contributed by atoms with Gasteiger partial charge in [0, 0.05) is 37.9 Å². The molecule has 0 N–H and O–H groups in total. The van der Waals surface area contributed by atoms with Gasteiger partial charge in [0.25, 0.3) is 0 Å². The summed E-state index contributed by atoms with van der Waals surface area (Å²) in [5, 5.41) is 6.37. The maximum absolute atomic E-state index is 6.81. The molecule has 10 rings (SSSR count). The zero-order valence-electron chi connectivity index (χ0n) is 24.6. The lowest BCUT2D eigenvalue weighted by Crippen LogP contribution is -2.12. The molecule has 0 aliphatic heterocycles. The fourth-order valence-corrected chi connectivity index (χ4v) is 7.03. The monoisotopic (exact) mass is 591 g/mol. The maximum Gasteiger partial charge on any atom is 0.160 e. The highest BCUT2D eigenvalue weighted by molar-refractivity contribution is 6.19. The summed E-state index contributed by atoms with van der Waals surface area (Å²) in [5.74, 6) is 0. The second-order valence-corrected chi connectivity index (χ2v) is 11.6. The average Bonchev–Trinajstić information content (AvgIpc) is 3.81. The zero-order chi connectivity index (χ0) is 30.2. The summed E-state index contributed by atoms with van der Waals surface area (Å²) in [6.07, 6.45) is 0. The van der Waals surface area contributed by atoms with Crippen molar-refractivity contribution >= 4 is 82.9 Å². The molecule has 4 heteroatoms. The Bertz CT molecular complexity index is 2650. The lowest BCUT2D eigenvalue weighted by Gasteiger charge is -2.28. The van der Waals surface area contributed by atoms with E-state index in [9.17, 15) is 0 Å². The summed E-state index contributed by atoms with van der Waals surface area (Å²) in [6.45, 7) is 0. The van der Waals surface area contributed by atoms with Crippen LogP contribution in [0.15, 0.2) is 165 Å². The van der Waals surface area contributed by atoms with Gasteiger partial charge in [-0.15, -0.1) is 0 Å². The maximum atomic E-state index is 6.81. The molecule has 0 atom stereocenters. The summed E-state index contributed by atoms with van der Waals surface area (Å²) < 4.78 is 20.2. The van der Waals surface area contributed by atoms with Crippen LogP contribution < -0.4 is 4.90 Å². The van der Waals surface area contributed by atoms with Crippen molar-refractivity contribution in [3.05, 3.63) is 152 Å². The van der Waals surface area contributed by atoms with Crippen LogP contribution in [0.1, 0.15) is 0 Å². The van der Waals surface area contributed by atoms with Crippen molar-refractivity contribution < 1.29 is 13.3 Å². The Labute approximate surface area is 263 Å². The van der Waals surface area contributed by atoms with Crippen molar-refractivity contribution in [1.29, 1.82) is 0 Å². The first-order valence-electron chi connectivity index (χ1n) is 15.4. The summed E-state index contributed by atoms with van der Waals surface area (Å²) in [6, 6.07) is 52.3. The van der Waals surface area contributed by atoms with Gasteiger partial charge >= 0.3 is 0 Å². The number of fused-ring (bicyclic) bond motifs is 9. The number of nitrogens with zero attached hydrogens (tertiary/aromatic N) is 1. The minimum Gasteiger partial charge on any atom is -0.454 e. The van der Waals surface area contributed by atoms with Gasteiger partial charge in [0.05, 0.1) is 17.1 Å². The molecule has 0 bridgehead atoms. The first-order valence-corrected chi connectivity index (χ1v) is 15.4. The van der Waals surface area contributed by atoms with Gasteiger partial charge in [-0.25, -0.2) is 0 Å². The highest BCUT2D eigenvalue weighted by atomic mass is 16.3. The number of hydrogen-bond donors (Lipinski definition) is 0. The second-order valence-electron chi connectivity index (χ2n) is 11.6. The molecule has 4 nitrogen and oxygen atoms in total. The molecular formula is C42H25NO3. The summed E-state index contributed by atoms with van der Waals surface area (Å²) in [7, 11) is 0. The number of anilines is 3. The van der Waals surface area contributed by atoms with Crippen LogP contribution in [0.3, 0.4) is 0 Å². The van der Waals surface area contributed by atoms with E-state index in [1.165, 1.54) is 0 Å². The van der Waals surface area contributed by atoms with E-state index in [1.54, 1.807) is 0 Å². The third-order valence-corrected chi connectivity index (χ3v) is 9.08. The number of benzene rings is 7. The van der Waals surface area contributed by atoms with Gasteiger partial charge in [-0.05, 0) is 42.0 Å². The van der Waals surface area contributed by atoms with Crippen molar-refractivity contribution in [2.75, 3.05) is 4.90 Å². The van der Waals surface area contributed by atoms with E-state index in [0.717, 1.165) is 94.0 Å². The molecule has 0 fully saturated rings. The molecule has 0 unspecified atom stereocenters. The van der Waals surface area contributed by atoms with Crippen molar-refractivity contribution in [3.63, 3.8) is 0 Å². The molecule has 0 amide bonds. The largest absolute Gasteiger partial charge is 0.454 e. The molecular weight excluding hydrogens is 566 g/mol. The molecule has 0 radical (unpaired) electrons. The van der Waals surface area contributed by atoms with Crippen LogP contribution >= 0.6 is 0 Å². The number of hydrogen-bond acceptors (Lipinski definition) is 4. The van der Waals surface area contributed by atoms with E-state index in [-0.39, 0.29) is 0 Å². The van der Waals surface area contributed by atoms with Gasteiger partial charge in [0.2, 0.25) is 0 Å². The van der Waals surface area contributed by atoms with Crippen molar-refractivity contribution in [1.82, 2.24) is 0 Å². The molecule has 10 aromatic rings.